The highest BCUT2D eigenvalue weighted by molar-refractivity contribution is 6.00. The lowest BCUT2D eigenvalue weighted by Gasteiger charge is -2.30. The lowest BCUT2D eigenvalue weighted by molar-refractivity contribution is -0.121. The first-order chi connectivity index (χ1) is 20.6. The van der Waals surface area contributed by atoms with Crippen molar-refractivity contribution in [1.82, 2.24) is 10.2 Å². The molecule has 43 heavy (non-hydrogen) atoms. The molecule has 0 fully saturated rings. The van der Waals surface area contributed by atoms with Crippen LogP contribution in [0.1, 0.15) is 73.2 Å². The van der Waals surface area contributed by atoms with Crippen LogP contribution in [0.5, 0.6) is 0 Å². The van der Waals surface area contributed by atoms with Gasteiger partial charge in [0.2, 0.25) is 5.91 Å². The number of halogens is 1. The Morgan fingerprint density at radius 1 is 0.860 bits per heavy atom. The number of nitrogens with two attached hydrogens (primary N) is 1. The number of carbonyl (C=O) groups is 3. The number of carbonyl (C=O) groups excluding carboxylic acids is 3. The van der Waals surface area contributed by atoms with E-state index >= 15 is 0 Å². The second-order valence-electron chi connectivity index (χ2n) is 11.4. The van der Waals surface area contributed by atoms with Crippen LogP contribution in [0.25, 0.3) is 0 Å². The van der Waals surface area contributed by atoms with Crippen LogP contribution in [0.2, 0.25) is 0 Å². The molecule has 0 heterocycles. The van der Waals surface area contributed by atoms with E-state index < -0.39 is 18.0 Å². The zero-order valence-corrected chi connectivity index (χ0v) is 25.7. The van der Waals surface area contributed by atoms with E-state index in [0.29, 0.717) is 42.7 Å². The summed E-state index contributed by atoms with van der Waals surface area (Å²) in [5.74, 6) is -1.50. The first kappa shape index (κ1) is 33.5. The molecular formula is C35H45FN4O3. The van der Waals surface area contributed by atoms with Crippen LogP contribution in [0.15, 0.2) is 78.9 Å². The summed E-state index contributed by atoms with van der Waals surface area (Å²) >= 11 is 0. The predicted octanol–water partition coefficient (Wildman–Crippen LogP) is 6.06. The summed E-state index contributed by atoms with van der Waals surface area (Å²) in [7, 11) is 0. The Morgan fingerprint density at radius 3 is 2.09 bits per heavy atom. The van der Waals surface area contributed by atoms with E-state index in [1.807, 2.05) is 62.9 Å². The van der Waals surface area contributed by atoms with Crippen LogP contribution < -0.4 is 16.4 Å². The highest BCUT2D eigenvalue weighted by Gasteiger charge is 2.30. The summed E-state index contributed by atoms with van der Waals surface area (Å²) in [6.45, 7) is 9.29. The summed E-state index contributed by atoms with van der Waals surface area (Å²) in [6, 6.07) is 21.1. The molecule has 0 aliphatic heterocycles. The lowest BCUT2D eigenvalue weighted by atomic mass is 9.85. The van der Waals surface area contributed by atoms with E-state index in [4.69, 9.17) is 5.73 Å². The van der Waals surface area contributed by atoms with Crippen molar-refractivity contribution in [1.29, 1.82) is 0 Å². The third kappa shape index (κ3) is 10.0. The number of hydrogen-bond acceptors (Lipinski definition) is 4. The maximum atomic E-state index is 13.6. The van der Waals surface area contributed by atoms with E-state index in [9.17, 15) is 18.8 Å². The van der Waals surface area contributed by atoms with Crippen molar-refractivity contribution in [3.05, 3.63) is 101 Å². The van der Waals surface area contributed by atoms with Crippen LogP contribution in [-0.2, 0) is 11.2 Å². The van der Waals surface area contributed by atoms with Gasteiger partial charge >= 0.3 is 0 Å². The molecule has 0 saturated carbocycles. The summed E-state index contributed by atoms with van der Waals surface area (Å²) < 4.78 is 13.4. The Hall–Kier alpha value is -4.04. The third-order valence-corrected chi connectivity index (χ3v) is 7.56. The molecule has 0 unspecified atom stereocenters. The molecule has 0 radical (unpaired) electrons. The van der Waals surface area contributed by atoms with Gasteiger partial charge in [0.25, 0.3) is 11.8 Å². The van der Waals surface area contributed by atoms with Gasteiger partial charge in [-0.25, -0.2) is 4.39 Å². The summed E-state index contributed by atoms with van der Waals surface area (Å²) in [5.41, 5.74) is 9.11. The SMILES string of the molecule is CCCN(CCC)C(=O)c1cccc(C(=O)N[C@@H](Cc2ccccc2)[C@@H](N)C[C@H](C(=O)Nc2ccc(F)cc2)C(C)C)c1. The smallest absolute Gasteiger partial charge is 0.253 e. The average Bonchev–Trinajstić information content (AvgIpc) is 3.00. The Kier molecular flexibility index (Phi) is 12.9. The fourth-order valence-corrected chi connectivity index (χ4v) is 5.17. The first-order valence-electron chi connectivity index (χ1n) is 15.2. The highest BCUT2D eigenvalue weighted by Crippen LogP contribution is 2.22. The van der Waals surface area contributed by atoms with Gasteiger partial charge in [0.05, 0.1) is 0 Å². The lowest BCUT2D eigenvalue weighted by Crippen LogP contribution is -2.51. The molecule has 0 saturated heterocycles. The molecule has 8 heteroatoms. The number of amides is 3. The first-order valence-corrected chi connectivity index (χ1v) is 15.2. The number of anilines is 1. The number of benzene rings is 3. The Balaban J connectivity index is 1.80. The van der Waals surface area contributed by atoms with Crippen LogP contribution in [-0.4, -0.2) is 47.8 Å². The van der Waals surface area contributed by atoms with Crippen molar-refractivity contribution < 1.29 is 18.8 Å². The zero-order chi connectivity index (χ0) is 31.4. The number of nitrogens with zero attached hydrogens (tertiary/aromatic N) is 1. The minimum atomic E-state index is -0.551. The topological polar surface area (TPSA) is 105 Å². The largest absolute Gasteiger partial charge is 0.347 e. The summed E-state index contributed by atoms with van der Waals surface area (Å²) in [6.07, 6.45) is 2.50. The number of nitrogens with one attached hydrogen (secondary N) is 2. The summed E-state index contributed by atoms with van der Waals surface area (Å²) in [4.78, 5) is 41.8. The normalized spacial score (nSPS) is 13.2. The van der Waals surface area contributed by atoms with Gasteiger partial charge in [0.15, 0.2) is 0 Å². The highest BCUT2D eigenvalue weighted by atomic mass is 19.1. The minimum absolute atomic E-state index is 0.0311. The molecule has 230 valence electrons. The van der Waals surface area contributed by atoms with Crippen molar-refractivity contribution in [3.8, 4) is 0 Å². The molecular weight excluding hydrogens is 543 g/mol. The molecule has 4 N–H and O–H groups in total. The van der Waals surface area contributed by atoms with E-state index in [-0.39, 0.29) is 29.5 Å². The molecule has 0 bridgehead atoms. The van der Waals surface area contributed by atoms with Gasteiger partial charge < -0.3 is 21.3 Å². The zero-order valence-electron chi connectivity index (χ0n) is 25.7. The molecule has 3 aromatic rings. The van der Waals surface area contributed by atoms with Gasteiger partial charge in [-0.1, -0.05) is 64.1 Å². The number of rotatable bonds is 15. The standard InChI is InChI=1S/C35H45FN4O3/c1-5-19-40(20-6-2)35(43)27-14-10-13-26(22-27)33(41)39-32(21-25-11-8-7-9-12-25)31(37)23-30(24(3)4)34(42)38-29-17-15-28(36)16-18-29/h7-18,22,24,30-32H,5-6,19-21,23,37H2,1-4H3,(H,38,42)(H,39,41)/t30-,31-,32-/m0/s1. The maximum Gasteiger partial charge on any atom is 0.253 e. The minimum Gasteiger partial charge on any atom is -0.347 e. The van der Waals surface area contributed by atoms with Crippen molar-refractivity contribution >= 4 is 23.4 Å². The molecule has 3 aromatic carbocycles. The van der Waals surface area contributed by atoms with Gasteiger partial charge in [-0.2, -0.15) is 0 Å². The molecule has 0 aliphatic rings. The van der Waals surface area contributed by atoms with E-state index in [1.165, 1.54) is 24.3 Å². The van der Waals surface area contributed by atoms with Gasteiger partial charge in [0.1, 0.15) is 5.82 Å². The Bertz CT molecular complexity index is 1320. The second kappa shape index (κ2) is 16.6. The van der Waals surface area contributed by atoms with Crippen LogP contribution >= 0.6 is 0 Å². The fraction of sp³-hybridized carbons (Fsp3) is 0.400. The monoisotopic (exact) mass is 588 g/mol. The molecule has 3 atom stereocenters. The van der Waals surface area contributed by atoms with Crippen LogP contribution in [0, 0.1) is 17.7 Å². The second-order valence-corrected chi connectivity index (χ2v) is 11.4. The average molecular weight is 589 g/mol. The van der Waals surface area contributed by atoms with Crippen molar-refractivity contribution in [3.63, 3.8) is 0 Å². The molecule has 0 spiro atoms. The van der Waals surface area contributed by atoms with E-state index in [2.05, 4.69) is 10.6 Å². The van der Waals surface area contributed by atoms with Gasteiger partial charge in [0, 0.05) is 47.9 Å². The quantitative estimate of drug-likeness (QED) is 0.201. The van der Waals surface area contributed by atoms with Crippen molar-refractivity contribution in [2.75, 3.05) is 18.4 Å². The third-order valence-electron chi connectivity index (χ3n) is 7.56. The predicted molar refractivity (Wildman–Crippen MR) is 170 cm³/mol. The molecule has 3 amide bonds. The van der Waals surface area contributed by atoms with Gasteiger partial charge in [-0.3, -0.25) is 14.4 Å². The van der Waals surface area contributed by atoms with Crippen LogP contribution in [0.4, 0.5) is 10.1 Å². The van der Waals surface area contributed by atoms with E-state index in [0.717, 1.165) is 18.4 Å². The summed E-state index contributed by atoms with van der Waals surface area (Å²) in [5, 5.41) is 5.97. The molecule has 0 aromatic heterocycles. The van der Waals surface area contributed by atoms with Crippen molar-refractivity contribution in [2.45, 2.75) is 65.5 Å². The fourth-order valence-electron chi connectivity index (χ4n) is 5.17. The maximum absolute atomic E-state index is 13.6. The van der Waals surface area contributed by atoms with Gasteiger partial charge in [-0.05, 0) is 79.6 Å². The number of hydrogen-bond donors (Lipinski definition) is 3. The Morgan fingerprint density at radius 2 is 1.49 bits per heavy atom. The van der Waals surface area contributed by atoms with Gasteiger partial charge in [-0.15, -0.1) is 0 Å². The van der Waals surface area contributed by atoms with E-state index in [1.54, 1.807) is 24.3 Å². The Labute approximate surface area is 255 Å². The van der Waals surface area contributed by atoms with Crippen molar-refractivity contribution in [2.24, 2.45) is 17.6 Å². The molecule has 3 rings (SSSR count). The van der Waals surface area contributed by atoms with Crippen LogP contribution in [0.3, 0.4) is 0 Å². The molecule has 0 aliphatic carbocycles. The molecule has 7 nitrogen and oxygen atoms in total.